The fourth-order valence-electron chi connectivity index (χ4n) is 3.83. The van der Waals surface area contributed by atoms with Crippen molar-refractivity contribution in [2.75, 3.05) is 38.1 Å². The van der Waals surface area contributed by atoms with Gasteiger partial charge >= 0.3 is 0 Å². The first-order valence-electron chi connectivity index (χ1n) is 8.09. The molecule has 0 aromatic heterocycles. The van der Waals surface area contributed by atoms with Gasteiger partial charge in [-0.3, -0.25) is 10.1 Å². The summed E-state index contributed by atoms with van der Waals surface area (Å²) in [7, 11) is 2.17. The lowest BCUT2D eigenvalue weighted by Gasteiger charge is -2.33. The lowest BCUT2D eigenvalue weighted by atomic mass is 9.87. The van der Waals surface area contributed by atoms with E-state index in [1.54, 1.807) is 12.1 Å². The second-order valence-corrected chi connectivity index (χ2v) is 7.47. The molecule has 0 unspecified atom stereocenters. The number of anilines is 1. The van der Waals surface area contributed by atoms with Crippen LogP contribution in [0.1, 0.15) is 32.3 Å². The number of benzene rings is 1. The maximum Gasteiger partial charge on any atom is 0.271 e. The van der Waals surface area contributed by atoms with Crippen molar-refractivity contribution in [1.82, 2.24) is 4.90 Å². The number of piperidine rings is 1. The predicted octanol–water partition coefficient (Wildman–Crippen LogP) is 3.03. The minimum Gasteiger partial charge on any atom is -0.370 e. The van der Waals surface area contributed by atoms with E-state index in [0.29, 0.717) is 5.92 Å². The van der Waals surface area contributed by atoms with Gasteiger partial charge in [0.15, 0.2) is 0 Å². The van der Waals surface area contributed by atoms with Gasteiger partial charge in [0.25, 0.3) is 5.69 Å². The molecule has 5 heteroatoms. The minimum absolute atomic E-state index is 0.0654. The number of nitro groups is 1. The highest BCUT2D eigenvalue weighted by atomic mass is 16.6. The molecule has 22 heavy (non-hydrogen) atoms. The van der Waals surface area contributed by atoms with Gasteiger partial charge in [0, 0.05) is 36.3 Å². The van der Waals surface area contributed by atoms with Gasteiger partial charge < -0.3 is 9.80 Å². The summed E-state index contributed by atoms with van der Waals surface area (Å²) in [5.74, 6) is 0.692. The zero-order chi connectivity index (χ0) is 15.9. The van der Waals surface area contributed by atoms with Crippen LogP contribution in [-0.4, -0.2) is 43.0 Å². The fraction of sp³-hybridized carbons (Fsp3) is 0.647. The standard InChI is InChI=1S/C17H25N3O2/c1-17(2)12-19(11-13-6-8-18(3)9-7-13)16-10-14(20(21)22)4-5-15(16)17/h4-5,10,13H,6-9,11-12H2,1-3H3. The Bertz CT molecular complexity index is 577. The molecule has 0 aliphatic carbocycles. The molecule has 0 radical (unpaired) electrons. The summed E-state index contributed by atoms with van der Waals surface area (Å²) in [5, 5.41) is 11.1. The molecular weight excluding hydrogens is 278 g/mol. The first kappa shape index (κ1) is 15.3. The number of fused-ring (bicyclic) bond motifs is 1. The van der Waals surface area contributed by atoms with E-state index in [1.165, 1.54) is 18.4 Å². The molecule has 3 rings (SSSR count). The summed E-state index contributed by atoms with van der Waals surface area (Å²) in [6.45, 7) is 8.74. The summed E-state index contributed by atoms with van der Waals surface area (Å²) in [5.41, 5.74) is 2.57. The van der Waals surface area contributed by atoms with Crippen LogP contribution in [0.2, 0.25) is 0 Å². The van der Waals surface area contributed by atoms with Crippen molar-refractivity contribution >= 4 is 11.4 Å². The van der Waals surface area contributed by atoms with Gasteiger partial charge in [-0.15, -0.1) is 0 Å². The summed E-state index contributed by atoms with van der Waals surface area (Å²) in [6, 6.07) is 5.35. The number of rotatable bonds is 3. The number of likely N-dealkylation sites (tertiary alicyclic amines) is 1. The molecule has 1 aromatic carbocycles. The molecular formula is C17H25N3O2. The normalized spacial score (nSPS) is 21.9. The van der Waals surface area contributed by atoms with Gasteiger partial charge in [0.1, 0.15) is 0 Å². The smallest absolute Gasteiger partial charge is 0.271 e. The van der Waals surface area contributed by atoms with Crippen molar-refractivity contribution in [3.63, 3.8) is 0 Å². The van der Waals surface area contributed by atoms with Crippen LogP contribution in [0.25, 0.3) is 0 Å². The topological polar surface area (TPSA) is 49.6 Å². The van der Waals surface area contributed by atoms with Crippen molar-refractivity contribution in [3.05, 3.63) is 33.9 Å². The van der Waals surface area contributed by atoms with E-state index in [0.717, 1.165) is 31.9 Å². The number of nitro benzene ring substituents is 1. The Hall–Kier alpha value is -1.62. The fourth-order valence-corrected chi connectivity index (χ4v) is 3.83. The Morgan fingerprint density at radius 1 is 1.32 bits per heavy atom. The molecule has 0 amide bonds. The molecule has 1 fully saturated rings. The van der Waals surface area contributed by atoms with E-state index < -0.39 is 0 Å². The van der Waals surface area contributed by atoms with Crippen LogP contribution in [0.15, 0.2) is 18.2 Å². The zero-order valence-corrected chi connectivity index (χ0v) is 13.7. The first-order valence-corrected chi connectivity index (χ1v) is 8.09. The molecule has 5 nitrogen and oxygen atoms in total. The highest BCUT2D eigenvalue weighted by molar-refractivity contribution is 5.66. The number of hydrogen-bond acceptors (Lipinski definition) is 4. The molecule has 0 bridgehead atoms. The second kappa shape index (κ2) is 5.54. The maximum atomic E-state index is 11.1. The maximum absolute atomic E-state index is 11.1. The average Bonchev–Trinajstić information content (AvgIpc) is 2.72. The third kappa shape index (κ3) is 2.82. The number of non-ortho nitro benzene ring substituents is 1. The van der Waals surface area contributed by atoms with Crippen LogP contribution < -0.4 is 4.90 Å². The summed E-state index contributed by atoms with van der Waals surface area (Å²) in [6.07, 6.45) is 2.44. The Balaban J connectivity index is 1.82. The van der Waals surface area contributed by atoms with Crippen molar-refractivity contribution < 1.29 is 4.92 Å². The summed E-state index contributed by atoms with van der Waals surface area (Å²) in [4.78, 5) is 15.5. The highest BCUT2D eigenvalue weighted by Gasteiger charge is 2.37. The summed E-state index contributed by atoms with van der Waals surface area (Å²) >= 11 is 0. The van der Waals surface area contributed by atoms with Crippen molar-refractivity contribution in [3.8, 4) is 0 Å². The first-order chi connectivity index (χ1) is 10.4. The van der Waals surface area contributed by atoms with Crippen molar-refractivity contribution in [2.24, 2.45) is 5.92 Å². The van der Waals surface area contributed by atoms with Gasteiger partial charge in [0.2, 0.25) is 0 Å². The molecule has 2 heterocycles. The average molecular weight is 303 g/mol. The molecule has 120 valence electrons. The van der Waals surface area contributed by atoms with E-state index in [-0.39, 0.29) is 16.0 Å². The molecule has 1 aromatic rings. The van der Waals surface area contributed by atoms with E-state index in [9.17, 15) is 10.1 Å². The summed E-state index contributed by atoms with van der Waals surface area (Å²) < 4.78 is 0. The van der Waals surface area contributed by atoms with Gasteiger partial charge in [-0.1, -0.05) is 13.8 Å². The van der Waals surface area contributed by atoms with Crippen LogP contribution in [-0.2, 0) is 5.41 Å². The van der Waals surface area contributed by atoms with Crippen LogP contribution in [0.5, 0.6) is 0 Å². The zero-order valence-electron chi connectivity index (χ0n) is 13.7. The quantitative estimate of drug-likeness (QED) is 0.636. The molecule has 2 aliphatic heterocycles. The minimum atomic E-state index is -0.292. The van der Waals surface area contributed by atoms with Crippen LogP contribution >= 0.6 is 0 Å². The number of hydrogen-bond donors (Lipinski definition) is 0. The van der Waals surface area contributed by atoms with Gasteiger partial charge in [-0.2, -0.15) is 0 Å². The largest absolute Gasteiger partial charge is 0.370 e. The SMILES string of the molecule is CN1CCC(CN2CC(C)(C)c3ccc([N+](=O)[O-])cc32)CC1. The van der Waals surface area contributed by atoms with E-state index in [1.807, 2.05) is 6.07 Å². The molecule has 2 aliphatic rings. The van der Waals surface area contributed by atoms with E-state index in [2.05, 4.69) is 30.7 Å². The van der Waals surface area contributed by atoms with Crippen molar-refractivity contribution in [1.29, 1.82) is 0 Å². The van der Waals surface area contributed by atoms with Gasteiger partial charge in [-0.05, 0) is 50.5 Å². The number of nitrogens with zero attached hydrogens (tertiary/aromatic N) is 3. The van der Waals surface area contributed by atoms with Crippen LogP contribution in [0.3, 0.4) is 0 Å². The van der Waals surface area contributed by atoms with Crippen LogP contribution in [0.4, 0.5) is 11.4 Å². The monoisotopic (exact) mass is 303 g/mol. The Morgan fingerprint density at radius 2 is 2.00 bits per heavy atom. The van der Waals surface area contributed by atoms with E-state index in [4.69, 9.17) is 0 Å². The third-order valence-electron chi connectivity index (χ3n) is 5.16. The molecule has 0 saturated carbocycles. The molecule has 0 atom stereocenters. The van der Waals surface area contributed by atoms with Gasteiger partial charge in [-0.25, -0.2) is 0 Å². The lowest BCUT2D eigenvalue weighted by Crippen LogP contribution is -2.38. The van der Waals surface area contributed by atoms with E-state index >= 15 is 0 Å². The third-order valence-corrected chi connectivity index (χ3v) is 5.16. The second-order valence-electron chi connectivity index (χ2n) is 7.47. The Labute approximate surface area is 132 Å². The van der Waals surface area contributed by atoms with Crippen LogP contribution in [0, 0.1) is 16.0 Å². The predicted molar refractivity (Wildman–Crippen MR) is 88.6 cm³/mol. The molecule has 0 spiro atoms. The Morgan fingerprint density at radius 3 is 2.64 bits per heavy atom. The lowest BCUT2D eigenvalue weighted by molar-refractivity contribution is -0.384. The van der Waals surface area contributed by atoms with Crippen molar-refractivity contribution in [2.45, 2.75) is 32.1 Å². The molecule has 1 saturated heterocycles. The molecule has 0 N–H and O–H groups in total. The highest BCUT2D eigenvalue weighted by Crippen LogP contribution is 2.42. The van der Waals surface area contributed by atoms with Gasteiger partial charge in [0.05, 0.1) is 4.92 Å². The Kier molecular flexibility index (Phi) is 3.85.